The fraction of sp³-hybridized carbons (Fsp3) is 1.00. The summed E-state index contributed by atoms with van der Waals surface area (Å²) in [5, 5.41) is 0. The fourth-order valence-corrected chi connectivity index (χ4v) is 2.27. The molecule has 0 radical (unpaired) electrons. The zero-order valence-electron chi connectivity index (χ0n) is 12.3. The van der Waals surface area contributed by atoms with Crippen LogP contribution >= 0.6 is 0 Å². The van der Waals surface area contributed by atoms with Crippen molar-refractivity contribution >= 4 is 0 Å². The largest absolute Gasteiger partial charge is 0.0649 e. The second kappa shape index (κ2) is 5.37. The highest BCUT2D eigenvalue weighted by Crippen LogP contribution is 2.49. The standard InChI is InChI=1S/C15H32/c1-9-14(6,7)15(8,10-2)11-13(5)12(3)4/h12-13H,9-11H2,1-8H3. The summed E-state index contributed by atoms with van der Waals surface area (Å²) in [6.07, 6.45) is 3.94. The maximum Gasteiger partial charge on any atom is -0.0275 e. The molecule has 0 aliphatic rings. The van der Waals surface area contributed by atoms with Gasteiger partial charge in [-0.25, -0.2) is 0 Å². The molecule has 0 rings (SSSR count). The van der Waals surface area contributed by atoms with Crippen molar-refractivity contribution in [3.63, 3.8) is 0 Å². The van der Waals surface area contributed by atoms with Gasteiger partial charge in [-0.1, -0.05) is 68.2 Å². The van der Waals surface area contributed by atoms with E-state index < -0.39 is 0 Å². The Labute approximate surface area is 97.8 Å². The molecule has 0 nitrogen and oxygen atoms in total. The van der Waals surface area contributed by atoms with Crippen LogP contribution in [0.1, 0.15) is 74.7 Å². The monoisotopic (exact) mass is 212 g/mol. The lowest BCUT2D eigenvalue weighted by molar-refractivity contribution is 0.0436. The normalized spacial score (nSPS) is 19.0. The second-order valence-corrected chi connectivity index (χ2v) is 6.58. The van der Waals surface area contributed by atoms with Gasteiger partial charge in [0.05, 0.1) is 0 Å². The Morgan fingerprint density at radius 2 is 1.33 bits per heavy atom. The number of hydrogen-bond acceptors (Lipinski definition) is 0. The van der Waals surface area contributed by atoms with Crippen molar-refractivity contribution in [3.05, 3.63) is 0 Å². The zero-order chi connectivity index (χ0) is 12.3. The van der Waals surface area contributed by atoms with Crippen LogP contribution < -0.4 is 0 Å². The Kier molecular flexibility index (Phi) is 5.37. The summed E-state index contributed by atoms with van der Waals surface area (Å²) in [5.41, 5.74) is 0.955. The molecule has 0 heteroatoms. The molecule has 0 aliphatic carbocycles. The third-order valence-electron chi connectivity index (χ3n) is 5.21. The Morgan fingerprint density at radius 1 is 0.867 bits per heavy atom. The minimum Gasteiger partial charge on any atom is -0.0649 e. The molecule has 0 aromatic carbocycles. The van der Waals surface area contributed by atoms with Crippen molar-refractivity contribution in [2.45, 2.75) is 74.7 Å². The van der Waals surface area contributed by atoms with E-state index >= 15 is 0 Å². The third-order valence-corrected chi connectivity index (χ3v) is 5.21. The van der Waals surface area contributed by atoms with E-state index in [0.717, 1.165) is 11.8 Å². The molecule has 0 N–H and O–H groups in total. The molecule has 0 heterocycles. The molecule has 0 saturated carbocycles. The molecule has 92 valence electrons. The van der Waals surface area contributed by atoms with E-state index in [1.54, 1.807) is 0 Å². The Bertz CT molecular complexity index is 178. The van der Waals surface area contributed by atoms with E-state index in [1.807, 2.05) is 0 Å². The van der Waals surface area contributed by atoms with Crippen molar-refractivity contribution in [2.75, 3.05) is 0 Å². The van der Waals surface area contributed by atoms with Crippen LogP contribution in [0.25, 0.3) is 0 Å². The second-order valence-electron chi connectivity index (χ2n) is 6.58. The fourth-order valence-electron chi connectivity index (χ4n) is 2.27. The molecule has 0 saturated heterocycles. The highest BCUT2D eigenvalue weighted by Gasteiger charge is 2.39. The van der Waals surface area contributed by atoms with Crippen molar-refractivity contribution in [3.8, 4) is 0 Å². The number of hydrogen-bond donors (Lipinski definition) is 0. The minimum absolute atomic E-state index is 0.463. The molecule has 0 aromatic rings. The van der Waals surface area contributed by atoms with E-state index in [1.165, 1.54) is 19.3 Å². The van der Waals surface area contributed by atoms with Crippen molar-refractivity contribution in [1.82, 2.24) is 0 Å². The van der Waals surface area contributed by atoms with Crippen LogP contribution in [0.3, 0.4) is 0 Å². The first-order valence-corrected chi connectivity index (χ1v) is 6.70. The smallest absolute Gasteiger partial charge is 0.0275 e. The van der Waals surface area contributed by atoms with Crippen molar-refractivity contribution in [1.29, 1.82) is 0 Å². The third kappa shape index (κ3) is 3.50. The molecule has 2 atom stereocenters. The van der Waals surface area contributed by atoms with Crippen LogP contribution in [0.2, 0.25) is 0 Å². The van der Waals surface area contributed by atoms with Gasteiger partial charge in [0, 0.05) is 0 Å². The van der Waals surface area contributed by atoms with E-state index in [2.05, 4.69) is 55.4 Å². The van der Waals surface area contributed by atoms with Crippen LogP contribution in [0.15, 0.2) is 0 Å². The van der Waals surface area contributed by atoms with Crippen LogP contribution in [0.5, 0.6) is 0 Å². The van der Waals surface area contributed by atoms with Gasteiger partial charge < -0.3 is 0 Å². The molecular formula is C15H32. The Hall–Kier alpha value is 0. The summed E-state index contributed by atoms with van der Waals surface area (Å²) in [7, 11) is 0. The average molecular weight is 212 g/mol. The first-order valence-electron chi connectivity index (χ1n) is 6.70. The number of rotatable bonds is 6. The molecule has 0 aliphatic heterocycles. The summed E-state index contributed by atoms with van der Waals surface area (Å²) >= 11 is 0. The quantitative estimate of drug-likeness (QED) is 0.543. The predicted octanol–water partition coefficient (Wildman–Crippen LogP) is 5.52. The SMILES string of the molecule is CCC(C)(C)C(C)(CC)CC(C)C(C)C. The molecule has 0 bridgehead atoms. The van der Waals surface area contributed by atoms with Crippen molar-refractivity contribution < 1.29 is 0 Å². The maximum absolute atomic E-state index is 2.48. The molecule has 2 unspecified atom stereocenters. The summed E-state index contributed by atoms with van der Waals surface area (Å²) < 4.78 is 0. The molecule has 15 heavy (non-hydrogen) atoms. The summed E-state index contributed by atoms with van der Waals surface area (Å²) in [5.74, 6) is 1.64. The van der Waals surface area contributed by atoms with Gasteiger partial charge in [-0.3, -0.25) is 0 Å². The Balaban J connectivity index is 4.72. The van der Waals surface area contributed by atoms with E-state index in [4.69, 9.17) is 0 Å². The van der Waals surface area contributed by atoms with Gasteiger partial charge in [0.2, 0.25) is 0 Å². The van der Waals surface area contributed by atoms with Crippen LogP contribution in [0.4, 0.5) is 0 Å². The van der Waals surface area contributed by atoms with Gasteiger partial charge in [0.15, 0.2) is 0 Å². The minimum atomic E-state index is 0.463. The van der Waals surface area contributed by atoms with Crippen LogP contribution in [0, 0.1) is 22.7 Å². The summed E-state index contributed by atoms with van der Waals surface area (Å²) in [4.78, 5) is 0. The van der Waals surface area contributed by atoms with Gasteiger partial charge in [-0.2, -0.15) is 0 Å². The van der Waals surface area contributed by atoms with E-state index in [-0.39, 0.29) is 0 Å². The van der Waals surface area contributed by atoms with E-state index in [0.29, 0.717) is 10.8 Å². The summed E-state index contributed by atoms with van der Waals surface area (Å²) in [6.45, 7) is 19.1. The van der Waals surface area contributed by atoms with Gasteiger partial charge in [0.25, 0.3) is 0 Å². The first-order chi connectivity index (χ1) is 6.70. The van der Waals surface area contributed by atoms with Crippen LogP contribution in [-0.2, 0) is 0 Å². The lowest BCUT2D eigenvalue weighted by Gasteiger charge is -2.46. The van der Waals surface area contributed by atoms with Gasteiger partial charge in [-0.15, -0.1) is 0 Å². The highest BCUT2D eigenvalue weighted by molar-refractivity contribution is 4.89. The topological polar surface area (TPSA) is 0 Å². The summed E-state index contributed by atoms with van der Waals surface area (Å²) in [6, 6.07) is 0. The van der Waals surface area contributed by atoms with Gasteiger partial charge in [-0.05, 0) is 29.1 Å². The molecule has 0 aromatic heterocycles. The van der Waals surface area contributed by atoms with Crippen molar-refractivity contribution in [2.24, 2.45) is 22.7 Å². The lowest BCUT2D eigenvalue weighted by Crippen LogP contribution is -2.36. The highest BCUT2D eigenvalue weighted by atomic mass is 14.4. The van der Waals surface area contributed by atoms with E-state index in [9.17, 15) is 0 Å². The predicted molar refractivity (Wildman–Crippen MR) is 71.1 cm³/mol. The van der Waals surface area contributed by atoms with Gasteiger partial charge >= 0.3 is 0 Å². The molecule has 0 spiro atoms. The average Bonchev–Trinajstić information content (AvgIpc) is 2.17. The van der Waals surface area contributed by atoms with Gasteiger partial charge in [0.1, 0.15) is 0 Å². The molecule has 0 fully saturated rings. The molecular weight excluding hydrogens is 180 g/mol. The maximum atomic E-state index is 2.48. The zero-order valence-corrected chi connectivity index (χ0v) is 12.3. The molecule has 0 amide bonds. The Morgan fingerprint density at radius 3 is 1.60 bits per heavy atom. The lowest BCUT2D eigenvalue weighted by atomic mass is 9.59. The first kappa shape index (κ1) is 15.0. The van der Waals surface area contributed by atoms with Crippen LogP contribution in [-0.4, -0.2) is 0 Å².